The highest BCUT2D eigenvalue weighted by atomic mass is 16.2. The number of hydrogen-bond acceptors (Lipinski definition) is 3. The molecule has 0 spiro atoms. The highest BCUT2D eigenvalue weighted by Gasteiger charge is 2.08. The van der Waals surface area contributed by atoms with Gasteiger partial charge in [0.15, 0.2) is 0 Å². The number of carbonyl (C=O) groups excluding carboxylic acids is 2. The third-order valence-corrected chi connectivity index (χ3v) is 3.83. The maximum absolute atomic E-state index is 12.1. The van der Waals surface area contributed by atoms with E-state index in [9.17, 15) is 9.59 Å². The van der Waals surface area contributed by atoms with Crippen LogP contribution in [-0.4, -0.2) is 24.9 Å². The Labute approximate surface area is 148 Å². The van der Waals surface area contributed by atoms with Crippen molar-refractivity contribution in [1.29, 1.82) is 0 Å². The van der Waals surface area contributed by atoms with Crippen LogP contribution in [0.15, 0.2) is 54.6 Å². The minimum Gasteiger partial charge on any atom is -0.352 e. The first-order valence-electron chi connectivity index (χ1n) is 8.56. The van der Waals surface area contributed by atoms with Crippen molar-refractivity contribution in [3.05, 3.63) is 65.7 Å². The molecule has 1 atom stereocenters. The molecule has 2 aromatic rings. The molecule has 0 heterocycles. The molecule has 2 amide bonds. The first-order valence-corrected chi connectivity index (χ1v) is 8.56. The number of anilines is 1. The van der Waals surface area contributed by atoms with E-state index in [0.29, 0.717) is 17.8 Å². The van der Waals surface area contributed by atoms with Gasteiger partial charge in [0.1, 0.15) is 0 Å². The Morgan fingerprint density at radius 1 is 1.00 bits per heavy atom. The van der Waals surface area contributed by atoms with E-state index >= 15 is 0 Å². The van der Waals surface area contributed by atoms with Gasteiger partial charge in [-0.1, -0.05) is 37.3 Å². The average molecular weight is 339 g/mol. The summed E-state index contributed by atoms with van der Waals surface area (Å²) < 4.78 is 0. The minimum absolute atomic E-state index is 0.0941. The second-order valence-corrected chi connectivity index (χ2v) is 5.89. The summed E-state index contributed by atoms with van der Waals surface area (Å²) in [4.78, 5) is 23.9. The predicted molar refractivity (Wildman–Crippen MR) is 101 cm³/mol. The molecule has 0 aliphatic heterocycles. The Hall–Kier alpha value is -2.66. The highest BCUT2D eigenvalue weighted by Crippen LogP contribution is 2.12. The second-order valence-electron chi connectivity index (χ2n) is 5.89. The molecule has 3 N–H and O–H groups in total. The molecule has 0 aromatic heterocycles. The zero-order chi connectivity index (χ0) is 18.1. The average Bonchev–Trinajstić information content (AvgIpc) is 2.65. The summed E-state index contributed by atoms with van der Waals surface area (Å²) >= 11 is 0. The Balaban J connectivity index is 1.81. The summed E-state index contributed by atoms with van der Waals surface area (Å²) in [5, 5.41) is 8.84. The molecule has 25 heavy (non-hydrogen) atoms. The molecule has 0 radical (unpaired) electrons. The van der Waals surface area contributed by atoms with E-state index in [1.807, 2.05) is 44.2 Å². The van der Waals surface area contributed by atoms with Crippen LogP contribution >= 0.6 is 0 Å². The number of benzene rings is 2. The van der Waals surface area contributed by atoms with Crippen LogP contribution in [-0.2, 0) is 4.79 Å². The van der Waals surface area contributed by atoms with Crippen LogP contribution in [0.3, 0.4) is 0 Å². The highest BCUT2D eigenvalue weighted by molar-refractivity contribution is 5.96. The molecular formula is C20H25N3O2. The van der Waals surface area contributed by atoms with Crippen molar-refractivity contribution in [2.24, 2.45) is 0 Å². The third kappa shape index (κ3) is 6.04. The van der Waals surface area contributed by atoms with Crippen LogP contribution < -0.4 is 16.0 Å². The van der Waals surface area contributed by atoms with Gasteiger partial charge in [-0.2, -0.15) is 0 Å². The first-order chi connectivity index (χ1) is 12.1. The molecule has 1 unspecified atom stereocenters. The summed E-state index contributed by atoms with van der Waals surface area (Å²) in [6.07, 6.45) is 0.897. The van der Waals surface area contributed by atoms with Gasteiger partial charge in [-0.3, -0.25) is 9.59 Å². The number of hydrogen-bond donors (Lipinski definition) is 3. The number of rotatable bonds is 8. The normalized spacial score (nSPS) is 11.6. The second kappa shape index (κ2) is 9.59. The standard InChI is InChI=1S/C20H25N3O2/c1-3-13-21-20(25)17-9-11-18(12-10-17)23-19(24)14-22-15(2)16-7-5-4-6-8-16/h4-12,15,22H,3,13-14H2,1-2H3,(H,21,25)(H,23,24). The smallest absolute Gasteiger partial charge is 0.251 e. The van der Waals surface area contributed by atoms with Crippen molar-refractivity contribution in [3.63, 3.8) is 0 Å². The van der Waals surface area contributed by atoms with E-state index < -0.39 is 0 Å². The van der Waals surface area contributed by atoms with Gasteiger partial charge in [-0.15, -0.1) is 0 Å². The van der Waals surface area contributed by atoms with E-state index in [2.05, 4.69) is 16.0 Å². The lowest BCUT2D eigenvalue weighted by molar-refractivity contribution is -0.115. The van der Waals surface area contributed by atoms with Crippen LogP contribution in [0.4, 0.5) is 5.69 Å². The van der Waals surface area contributed by atoms with Gasteiger partial charge in [-0.05, 0) is 43.2 Å². The molecule has 0 aliphatic carbocycles. The largest absolute Gasteiger partial charge is 0.352 e. The quantitative estimate of drug-likeness (QED) is 0.692. The fraction of sp³-hybridized carbons (Fsp3) is 0.300. The molecule has 5 heteroatoms. The SMILES string of the molecule is CCCNC(=O)c1ccc(NC(=O)CNC(C)c2ccccc2)cc1. The lowest BCUT2D eigenvalue weighted by Crippen LogP contribution is -2.30. The van der Waals surface area contributed by atoms with Gasteiger partial charge >= 0.3 is 0 Å². The van der Waals surface area contributed by atoms with E-state index in [1.54, 1.807) is 24.3 Å². The predicted octanol–water partition coefficient (Wildman–Crippen LogP) is 3.12. The molecule has 132 valence electrons. The fourth-order valence-electron chi connectivity index (χ4n) is 2.36. The van der Waals surface area contributed by atoms with Crippen molar-refractivity contribution in [1.82, 2.24) is 10.6 Å². The van der Waals surface area contributed by atoms with Crippen LogP contribution in [0.1, 0.15) is 42.2 Å². The van der Waals surface area contributed by atoms with Crippen LogP contribution in [0.5, 0.6) is 0 Å². The number of carbonyl (C=O) groups is 2. The van der Waals surface area contributed by atoms with E-state index in [1.165, 1.54) is 0 Å². The Bertz CT molecular complexity index is 684. The first kappa shape index (κ1) is 18.7. The maximum Gasteiger partial charge on any atom is 0.251 e. The van der Waals surface area contributed by atoms with Gasteiger partial charge in [-0.25, -0.2) is 0 Å². The number of nitrogens with one attached hydrogen (secondary N) is 3. The van der Waals surface area contributed by atoms with Crippen LogP contribution in [0, 0.1) is 0 Å². The van der Waals surface area contributed by atoms with Crippen molar-refractivity contribution in [2.45, 2.75) is 26.3 Å². The Kier molecular flexibility index (Phi) is 7.16. The third-order valence-electron chi connectivity index (χ3n) is 3.83. The van der Waals surface area contributed by atoms with E-state index in [4.69, 9.17) is 0 Å². The molecular weight excluding hydrogens is 314 g/mol. The Morgan fingerprint density at radius 2 is 1.68 bits per heavy atom. The van der Waals surface area contributed by atoms with E-state index in [-0.39, 0.29) is 24.4 Å². The molecule has 0 bridgehead atoms. The minimum atomic E-state index is -0.119. The summed E-state index contributed by atoms with van der Waals surface area (Å²) in [5.74, 6) is -0.218. The van der Waals surface area contributed by atoms with Gasteiger partial charge < -0.3 is 16.0 Å². The molecule has 2 rings (SSSR count). The van der Waals surface area contributed by atoms with Crippen LogP contribution in [0.2, 0.25) is 0 Å². The lowest BCUT2D eigenvalue weighted by atomic mass is 10.1. The summed E-state index contributed by atoms with van der Waals surface area (Å²) in [7, 11) is 0. The zero-order valence-electron chi connectivity index (χ0n) is 14.7. The molecule has 0 saturated heterocycles. The summed E-state index contributed by atoms with van der Waals surface area (Å²) in [5.41, 5.74) is 2.39. The van der Waals surface area contributed by atoms with Gasteiger partial charge in [0.25, 0.3) is 5.91 Å². The molecule has 0 saturated carbocycles. The van der Waals surface area contributed by atoms with Crippen molar-refractivity contribution in [2.75, 3.05) is 18.4 Å². The van der Waals surface area contributed by atoms with Crippen molar-refractivity contribution in [3.8, 4) is 0 Å². The van der Waals surface area contributed by atoms with E-state index in [0.717, 1.165) is 12.0 Å². The zero-order valence-corrected chi connectivity index (χ0v) is 14.7. The van der Waals surface area contributed by atoms with Gasteiger partial charge in [0.2, 0.25) is 5.91 Å². The maximum atomic E-state index is 12.1. The molecule has 5 nitrogen and oxygen atoms in total. The topological polar surface area (TPSA) is 70.2 Å². The van der Waals surface area contributed by atoms with Gasteiger partial charge in [0.05, 0.1) is 6.54 Å². The Morgan fingerprint density at radius 3 is 2.32 bits per heavy atom. The van der Waals surface area contributed by atoms with Crippen molar-refractivity contribution < 1.29 is 9.59 Å². The summed E-state index contributed by atoms with van der Waals surface area (Å²) in [6, 6.07) is 17.0. The molecule has 0 fully saturated rings. The summed E-state index contributed by atoms with van der Waals surface area (Å²) in [6.45, 7) is 4.90. The fourth-order valence-corrected chi connectivity index (χ4v) is 2.36. The van der Waals surface area contributed by atoms with Crippen molar-refractivity contribution >= 4 is 17.5 Å². The molecule has 0 aliphatic rings. The molecule has 2 aromatic carbocycles. The number of amides is 2. The monoisotopic (exact) mass is 339 g/mol. The van der Waals surface area contributed by atoms with Crippen LogP contribution in [0.25, 0.3) is 0 Å². The van der Waals surface area contributed by atoms with Gasteiger partial charge in [0, 0.05) is 23.8 Å². The lowest BCUT2D eigenvalue weighted by Gasteiger charge is -2.14.